The van der Waals surface area contributed by atoms with Gasteiger partial charge in [-0.1, -0.05) is 42.5 Å². The van der Waals surface area contributed by atoms with Gasteiger partial charge in [0.1, 0.15) is 17.1 Å². The first kappa shape index (κ1) is 19.1. The highest BCUT2D eigenvalue weighted by Crippen LogP contribution is 2.28. The van der Waals surface area contributed by atoms with Gasteiger partial charge >= 0.3 is 0 Å². The quantitative estimate of drug-likeness (QED) is 0.582. The van der Waals surface area contributed by atoms with Gasteiger partial charge in [-0.3, -0.25) is 4.79 Å². The molecule has 0 radical (unpaired) electrons. The number of halogens is 2. The molecule has 1 saturated carbocycles. The zero-order valence-electron chi connectivity index (χ0n) is 15.5. The lowest BCUT2D eigenvalue weighted by atomic mass is 9.95. The van der Waals surface area contributed by atoms with Gasteiger partial charge in [-0.25, -0.2) is 4.68 Å². The second-order valence-corrected chi connectivity index (χ2v) is 7.96. The molecule has 7 heteroatoms. The molecule has 1 N–H and O–H groups in total. The molecule has 146 valence electrons. The molecule has 3 aromatic rings. The molecule has 1 aliphatic rings. The Labute approximate surface area is 173 Å². The van der Waals surface area contributed by atoms with Crippen LogP contribution in [0.5, 0.6) is 0 Å². The van der Waals surface area contributed by atoms with E-state index >= 15 is 0 Å². The lowest BCUT2D eigenvalue weighted by Crippen LogP contribution is -2.37. The molecule has 0 bridgehead atoms. The molecule has 0 saturated heterocycles. The van der Waals surface area contributed by atoms with Gasteiger partial charge in [0.15, 0.2) is 5.76 Å². The standard InChI is InChI=1S/C21H21Cl2N3O2/c1-13-7-10-20(28-13)18-12-19(21(27)24-14-5-3-2-4-6-14)26(25-18)15-8-9-16(22)17(23)11-15/h7-12,14H,2-6H2,1H3,(H,24,27). The first-order valence-electron chi connectivity index (χ1n) is 9.44. The monoisotopic (exact) mass is 417 g/mol. The largest absolute Gasteiger partial charge is 0.460 e. The van der Waals surface area contributed by atoms with Gasteiger partial charge in [-0.15, -0.1) is 0 Å². The minimum atomic E-state index is -0.153. The first-order chi connectivity index (χ1) is 13.5. The normalized spacial score (nSPS) is 15.0. The van der Waals surface area contributed by atoms with Crippen LogP contribution in [0.3, 0.4) is 0 Å². The molecule has 0 atom stereocenters. The van der Waals surface area contributed by atoms with Crippen LogP contribution in [0.25, 0.3) is 17.1 Å². The van der Waals surface area contributed by atoms with Crippen LogP contribution in [0.2, 0.25) is 10.0 Å². The highest BCUT2D eigenvalue weighted by molar-refractivity contribution is 6.42. The van der Waals surface area contributed by atoms with E-state index in [4.69, 9.17) is 27.6 Å². The lowest BCUT2D eigenvalue weighted by Gasteiger charge is -2.22. The van der Waals surface area contributed by atoms with Gasteiger partial charge in [0.25, 0.3) is 5.91 Å². The molecular weight excluding hydrogens is 397 g/mol. The summed E-state index contributed by atoms with van der Waals surface area (Å²) in [7, 11) is 0. The molecular formula is C21H21Cl2N3O2. The van der Waals surface area contributed by atoms with E-state index in [1.54, 1.807) is 28.9 Å². The number of aryl methyl sites for hydroxylation is 1. The Hall–Kier alpha value is -2.24. The predicted octanol–water partition coefficient (Wildman–Crippen LogP) is 5.81. The maximum absolute atomic E-state index is 13.0. The molecule has 0 unspecified atom stereocenters. The number of hydrogen-bond donors (Lipinski definition) is 1. The lowest BCUT2D eigenvalue weighted by molar-refractivity contribution is 0.0920. The van der Waals surface area contributed by atoms with Crippen molar-refractivity contribution in [3.05, 3.63) is 57.9 Å². The van der Waals surface area contributed by atoms with Gasteiger partial charge < -0.3 is 9.73 Å². The SMILES string of the molecule is Cc1ccc(-c2cc(C(=O)NC3CCCCC3)n(-c3ccc(Cl)c(Cl)c3)n2)o1. The Morgan fingerprint density at radius 2 is 1.89 bits per heavy atom. The number of carbonyl (C=O) groups is 1. The smallest absolute Gasteiger partial charge is 0.270 e. The van der Waals surface area contributed by atoms with Crippen molar-refractivity contribution in [2.45, 2.75) is 45.1 Å². The van der Waals surface area contributed by atoms with Gasteiger partial charge in [0, 0.05) is 12.1 Å². The Bertz CT molecular complexity index is 1000. The van der Waals surface area contributed by atoms with Crippen LogP contribution in [-0.2, 0) is 0 Å². The Morgan fingerprint density at radius 3 is 2.57 bits per heavy atom. The number of carbonyl (C=O) groups excluding carboxylic acids is 1. The number of hydrogen-bond acceptors (Lipinski definition) is 3. The summed E-state index contributed by atoms with van der Waals surface area (Å²) in [4.78, 5) is 13.0. The summed E-state index contributed by atoms with van der Waals surface area (Å²) in [5.41, 5.74) is 1.69. The van der Waals surface area contributed by atoms with Gasteiger partial charge in [0.05, 0.1) is 15.7 Å². The summed E-state index contributed by atoms with van der Waals surface area (Å²) in [6, 6.07) is 10.8. The van der Waals surface area contributed by atoms with Crippen molar-refractivity contribution in [2.24, 2.45) is 0 Å². The molecule has 0 aliphatic heterocycles. The number of amides is 1. The number of rotatable bonds is 4. The van der Waals surface area contributed by atoms with Gasteiger partial charge in [-0.2, -0.15) is 5.10 Å². The van der Waals surface area contributed by atoms with Crippen LogP contribution in [0, 0.1) is 6.92 Å². The topological polar surface area (TPSA) is 60.1 Å². The average Bonchev–Trinajstić information content (AvgIpc) is 3.31. The van der Waals surface area contributed by atoms with E-state index in [0.717, 1.165) is 31.4 Å². The highest BCUT2D eigenvalue weighted by Gasteiger charge is 2.23. The summed E-state index contributed by atoms with van der Waals surface area (Å²) >= 11 is 12.2. The first-order valence-corrected chi connectivity index (χ1v) is 10.2. The van der Waals surface area contributed by atoms with Crippen molar-refractivity contribution in [1.82, 2.24) is 15.1 Å². The summed E-state index contributed by atoms with van der Waals surface area (Å²) in [5.74, 6) is 1.25. The number of aromatic nitrogens is 2. The van der Waals surface area contributed by atoms with E-state index in [2.05, 4.69) is 10.4 Å². The second-order valence-electron chi connectivity index (χ2n) is 7.14. The fourth-order valence-corrected chi connectivity index (χ4v) is 3.85. The molecule has 5 nitrogen and oxygen atoms in total. The minimum Gasteiger partial charge on any atom is -0.460 e. The third kappa shape index (κ3) is 3.96. The van der Waals surface area contributed by atoms with E-state index in [9.17, 15) is 4.79 Å². The Kier molecular flexibility index (Phi) is 5.47. The van der Waals surface area contributed by atoms with E-state index in [1.165, 1.54) is 6.42 Å². The van der Waals surface area contributed by atoms with Crippen LogP contribution < -0.4 is 5.32 Å². The zero-order chi connectivity index (χ0) is 19.7. The molecule has 1 aliphatic carbocycles. The minimum absolute atomic E-state index is 0.153. The fraction of sp³-hybridized carbons (Fsp3) is 0.333. The third-order valence-electron chi connectivity index (χ3n) is 5.02. The molecule has 0 spiro atoms. The van der Waals surface area contributed by atoms with Crippen molar-refractivity contribution in [3.63, 3.8) is 0 Å². The average molecular weight is 418 g/mol. The van der Waals surface area contributed by atoms with Crippen LogP contribution >= 0.6 is 23.2 Å². The number of benzene rings is 1. The van der Waals surface area contributed by atoms with Gasteiger partial charge in [-0.05, 0) is 50.1 Å². The van der Waals surface area contributed by atoms with Gasteiger partial charge in [0.2, 0.25) is 0 Å². The molecule has 1 aromatic carbocycles. The Morgan fingerprint density at radius 1 is 1.11 bits per heavy atom. The highest BCUT2D eigenvalue weighted by atomic mass is 35.5. The van der Waals surface area contributed by atoms with Crippen molar-refractivity contribution in [3.8, 4) is 17.1 Å². The number of nitrogens with one attached hydrogen (secondary N) is 1. The number of nitrogens with zero attached hydrogens (tertiary/aromatic N) is 2. The van der Waals surface area contributed by atoms with Crippen LogP contribution in [0.1, 0.15) is 48.4 Å². The van der Waals surface area contributed by atoms with E-state index < -0.39 is 0 Å². The van der Waals surface area contributed by atoms with Crippen molar-refractivity contribution < 1.29 is 9.21 Å². The third-order valence-corrected chi connectivity index (χ3v) is 5.76. The maximum Gasteiger partial charge on any atom is 0.270 e. The van der Waals surface area contributed by atoms with E-state index in [-0.39, 0.29) is 11.9 Å². The maximum atomic E-state index is 13.0. The summed E-state index contributed by atoms with van der Waals surface area (Å²) < 4.78 is 7.28. The van der Waals surface area contributed by atoms with E-state index in [1.807, 2.05) is 19.1 Å². The van der Waals surface area contributed by atoms with Crippen molar-refractivity contribution >= 4 is 29.1 Å². The molecule has 28 heavy (non-hydrogen) atoms. The number of furan rings is 1. The van der Waals surface area contributed by atoms with Crippen molar-refractivity contribution in [2.75, 3.05) is 0 Å². The molecule has 1 fully saturated rings. The van der Waals surface area contributed by atoms with Crippen LogP contribution in [0.15, 0.2) is 40.8 Å². The van der Waals surface area contributed by atoms with Crippen LogP contribution in [-0.4, -0.2) is 21.7 Å². The zero-order valence-corrected chi connectivity index (χ0v) is 17.1. The van der Waals surface area contributed by atoms with Crippen molar-refractivity contribution in [1.29, 1.82) is 0 Å². The van der Waals surface area contributed by atoms with Crippen LogP contribution in [0.4, 0.5) is 0 Å². The Balaban J connectivity index is 1.72. The summed E-state index contributed by atoms with van der Waals surface area (Å²) in [5, 5.41) is 8.62. The second kappa shape index (κ2) is 8.02. The molecule has 2 aromatic heterocycles. The molecule has 2 heterocycles. The summed E-state index contributed by atoms with van der Waals surface area (Å²) in [6.07, 6.45) is 5.55. The van der Waals surface area contributed by atoms with E-state index in [0.29, 0.717) is 32.9 Å². The predicted molar refractivity (Wildman–Crippen MR) is 110 cm³/mol. The summed E-state index contributed by atoms with van der Waals surface area (Å²) in [6.45, 7) is 1.87. The fourth-order valence-electron chi connectivity index (χ4n) is 3.56. The molecule has 1 amide bonds. The molecule has 4 rings (SSSR count).